The molecule has 3 aromatic rings. The van der Waals surface area contributed by atoms with Crippen LogP contribution in [-0.2, 0) is 10.8 Å². The molecule has 0 aliphatic carbocycles. The minimum atomic E-state index is -2.62. The van der Waals surface area contributed by atoms with Gasteiger partial charge in [-0.1, -0.05) is 100 Å². The zero-order chi connectivity index (χ0) is 27.7. The van der Waals surface area contributed by atoms with Crippen molar-refractivity contribution in [3.63, 3.8) is 0 Å². The van der Waals surface area contributed by atoms with Crippen molar-refractivity contribution in [3.05, 3.63) is 101 Å². The van der Waals surface area contributed by atoms with E-state index in [9.17, 15) is 15.3 Å². The van der Waals surface area contributed by atoms with Gasteiger partial charge in [-0.15, -0.1) is 0 Å². The SMILES string of the molecule is CC(C)(c1ccccc1)c1ccc(OCC(CO)(CO)CO)c(C(C)(C)c2ccccc2)c1.OP(O)O. The van der Waals surface area contributed by atoms with Crippen molar-refractivity contribution in [1.29, 1.82) is 0 Å². The average molecular weight is 531 g/mol. The van der Waals surface area contributed by atoms with E-state index in [0.717, 1.165) is 16.7 Å². The van der Waals surface area contributed by atoms with Crippen LogP contribution in [0.25, 0.3) is 0 Å². The Morgan fingerprint density at radius 1 is 0.622 bits per heavy atom. The van der Waals surface area contributed by atoms with E-state index in [0.29, 0.717) is 5.75 Å². The van der Waals surface area contributed by atoms with Gasteiger partial charge in [0.25, 0.3) is 0 Å². The Kier molecular flexibility index (Phi) is 11.2. The summed E-state index contributed by atoms with van der Waals surface area (Å²) in [5.41, 5.74) is 2.88. The average Bonchev–Trinajstić information content (AvgIpc) is 2.90. The van der Waals surface area contributed by atoms with Crippen LogP contribution in [0.4, 0.5) is 0 Å². The molecule has 0 atom stereocenters. The second-order valence-electron chi connectivity index (χ2n) is 10.2. The van der Waals surface area contributed by atoms with Gasteiger partial charge in [0.05, 0.1) is 25.2 Å². The summed E-state index contributed by atoms with van der Waals surface area (Å²) < 4.78 is 6.18. The number of aliphatic hydroxyl groups is 3. The maximum absolute atomic E-state index is 9.74. The third-order valence-corrected chi connectivity index (χ3v) is 6.91. The first kappa shape index (κ1) is 30.9. The van der Waals surface area contributed by atoms with Gasteiger partial charge in [0.15, 0.2) is 0 Å². The molecule has 6 N–H and O–H groups in total. The maximum atomic E-state index is 9.74. The molecule has 0 amide bonds. The summed E-state index contributed by atoms with van der Waals surface area (Å²) in [4.78, 5) is 21.7. The van der Waals surface area contributed by atoms with Gasteiger partial charge in [0.1, 0.15) is 12.4 Å². The molecule has 0 saturated heterocycles. The smallest absolute Gasteiger partial charge is 0.324 e. The molecule has 0 spiro atoms. The summed E-state index contributed by atoms with van der Waals surface area (Å²) in [5, 5.41) is 29.2. The highest BCUT2D eigenvalue weighted by atomic mass is 31.2. The van der Waals surface area contributed by atoms with Crippen molar-refractivity contribution < 1.29 is 34.7 Å². The zero-order valence-electron chi connectivity index (χ0n) is 21.9. The zero-order valence-corrected chi connectivity index (χ0v) is 22.8. The van der Waals surface area contributed by atoms with Crippen molar-refractivity contribution in [2.24, 2.45) is 5.41 Å². The Bertz CT molecular complexity index is 1070. The number of aliphatic hydroxyl groups excluding tert-OH is 3. The fourth-order valence-corrected chi connectivity index (χ4v) is 4.08. The molecular weight excluding hydrogens is 491 g/mol. The van der Waals surface area contributed by atoms with E-state index in [1.165, 1.54) is 5.56 Å². The van der Waals surface area contributed by atoms with E-state index in [2.05, 4.69) is 76.2 Å². The first-order chi connectivity index (χ1) is 17.4. The van der Waals surface area contributed by atoms with Crippen LogP contribution in [0.15, 0.2) is 78.9 Å². The fraction of sp³-hybridized carbons (Fsp3) is 0.379. The predicted octanol–water partition coefficient (Wildman–Crippen LogP) is 3.87. The Balaban J connectivity index is 0.00000112. The Morgan fingerprint density at radius 3 is 1.49 bits per heavy atom. The van der Waals surface area contributed by atoms with Crippen LogP contribution >= 0.6 is 8.60 Å². The highest BCUT2D eigenvalue weighted by molar-refractivity contribution is 7.38. The van der Waals surface area contributed by atoms with E-state index in [4.69, 9.17) is 19.4 Å². The highest BCUT2D eigenvalue weighted by Crippen LogP contribution is 2.41. The van der Waals surface area contributed by atoms with Crippen LogP contribution in [-0.4, -0.2) is 56.4 Å². The van der Waals surface area contributed by atoms with Crippen molar-refractivity contribution in [2.75, 3.05) is 26.4 Å². The topological polar surface area (TPSA) is 131 Å². The number of hydrogen-bond donors (Lipinski definition) is 6. The third-order valence-electron chi connectivity index (χ3n) is 6.91. The fourth-order valence-electron chi connectivity index (χ4n) is 4.08. The monoisotopic (exact) mass is 530 g/mol. The van der Waals surface area contributed by atoms with Gasteiger partial charge in [0.2, 0.25) is 0 Å². The molecule has 0 unspecified atom stereocenters. The molecule has 0 aliphatic heterocycles. The molecule has 0 aromatic heterocycles. The minimum absolute atomic E-state index is 0.00972. The largest absolute Gasteiger partial charge is 0.492 e. The van der Waals surface area contributed by atoms with Gasteiger partial charge in [-0.3, -0.25) is 0 Å². The van der Waals surface area contributed by atoms with Crippen molar-refractivity contribution in [2.45, 2.75) is 38.5 Å². The quantitative estimate of drug-likeness (QED) is 0.220. The van der Waals surface area contributed by atoms with Gasteiger partial charge in [0, 0.05) is 16.4 Å². The second-order valence-corrected chi connectivity index (χ2v) is 10.8. The third kappa shape index (κ3) is 7.82. The summed E-state index contributed by atoms with van der Waals surface area (Å²) in [6, 6.07) is 27.0. The van der Waals surface area contributed by atoms with Crippen LogP contribution in [0.1, 0.15) is 49.9 Å². The lowest BCUT2D eigenvalue weighted by molar-refractivity contribution is -0.0261. The lowest BCUT2D eigenvalue weighted by Crippen LogP contribution is -2.40. The summed E-state index contributed by atoms with van der Waals surface area (Å²) in [6.45, 7) is 7.68. The Labute approximate surface area is 220 Å². The highest BCUT2D eigenvalue weighted by Gasteiger charge is 2.33. The van der Waals surface area contributed by atoms with Crippen LogP contribution in [0.2, 0.25) is 0 Å². The van der Waals surface area contributed by atoms with Gasteiger partial charge in [-0.25, -0.2) is 0 Å². The first-order valence-corrected chi connectivity index (χ1v) is 13.2. The Morgan fingerprint density at radius 2 is 1.05 bits per heavy atom. The van der Waals surface area contributed by atoms with Crippen molar-refractivity contribution >= 4 is 8.60 Å². The van der Waals surface area contributed by atoms with Crippen molar-refractivity contribution in [3.8, 4) is 5.75 Å². The van der Waals surface area contributed by atoms with Crippen LogP contribution < -0.4 is 4.74 Å². The lowest BCUT2D eigenvalue weighted by atomic mass is 9.73. The van der Waals surface area contributed by atoms with Crippen LogP contribution in [0.5, 0.6) is 5.75 Å². The van der Waals surface area contributed by atoms with E-state index >= 15 is 0 Å². The van der Waals surface area contributed by atoms with Crippen molar-refractivity contribution in [1.82, 2.24) is 0 Å². The standard InChI is InChI=1S/C29H36O4.H3O3P/c1-27(2,22-11-7-5-8-12-22)24-15-16-26(33-21-29(18-30,19-31)20-32)25(17-24)28(3,4)23-13-9-6-10-14-23;1-4(2)3/h5-17,30-32H,18-21H2,1-4H3;1-3H. The van der Waals surface area contributed by atoms with E-state index < -0.39 is 14.0 Å². The number of ether oxygens (including phenoxy) is 1. The predicted molar refractivity (Wildman–Crippen MR) is 146 cm³/mol. The summed E-state index contributed by atoms with van der Waals surface area (Å²) in [6.07, 6.45) is 0. The minimum Gasteiger partial charge on any atom is -0.492 e. The van der Waals surface area contributed by atoms with Crippen LogP contribution in [0.3, 0.4) is 0 Å². The van der Waals surface area contributed by atoms with E-state index in [1.807, 2.05) is 30.3 Å². The second kappa shape index (κ2) is 13.4. The van der Waals surface area contributed by atoms with Gasteiger partial charge < -0.3 is 34.7 Å². The molecule has 0 fully saturated rings. The first-order valence-electron chi connectivity index (χ1n) is 12.0. The number of benzene rings is 3. The molecule has 3 aromatic carbocycles. The molecular formula is C29H39O7P. The molecule has 0 bridgehead atoms. The van der Waals surface area contributed by atoms with Crippen LogP contribution in [0, 0.1) is 5.41 Å². The molecule has 0 radical (unpaired) electrons. The molecule has 0 aliphatic rings. The van der Waals surface area contributed by atoms with E-state index in [1.54, 1.807) is 0 Å². The number of rotatable bonds is 10. The molecule has 0 heterocycles. The molecule has 8 heteroatoms. The Hall–Kier alpha value is -2.35. The summed E-state index contributed by atoms with van der Waals surface area (Å²) >= 11 is 0. The molecule has 7 nitrogen and oxygen atoms in total. The molecule has 3 rings (SSSR count). The summed E-state index contributed by atoms with van der Waals surface area (Å²) in [7, 11) is -2.62. The van der Waals surface area contributed by atoms with Gasteiger partial charge in [-0.2, -0.15) is 0 Å². The molecule has 37 heavy (non-hydrogen) atoms. The molecule has 0 saturated carbocycles. The maximum Gasteiger partial charge on any atom is 0.324 e. The van der Waals surface area contributed by atoms with Gasteiger partial charge in [-0.05, 0) is 22.8 Å². The lowest BCUT2D eigenvalue weighted by Gasteiger charge is -2.34. The van der Waals surface area contributed by atoms with Gasteiger partial charge >= 0.3 is 8.60 Å². The normalized spacial score (nSPS) is 12.2. The molecule has 202 valence electrons. The number of hydrogen-bond acceptors (Lipinski definition) is 7. The van der Waals surface area contributed by atoms with E-state index in [-0.39, 0.29) is 37.3 Å². The summed E-state index contributed by atoms with van der Waals surface area (Å²) in [5.74, 6) is 0.677.